The van der Waals surface area contributed by atoms with Gasteiger partial charge in [-0.15, -0.1) is 0 Å². The molecular formula is C22H23FN4O. The van der Waals surface area contributed by atoms with Gasteiger partial charge < -0.3 is 10.6 Å². The van der Waals surface area contributed by atoms with Crippen LogP contribution in [0, 0.1) is 19.7 Å². The standard InChI is InChI=1S/C22H23FN4O/c1-15-6-5-7-17(12-15)14-25-22(28)20-13-21(27-16(2)26-20)24-11-10-18-8-3-4-9-19(18)23/h3-9,12-13H,10-11,14H2,1-2H3,(H,25,28)(H,24,26,27). The first kappa shape index (κ1) is 19.5. The van der Waals surface area contributed by atoms with Gasteiger partial charge in [-0.25, -0.2) is 14.4 Å². The topological polar surface area (TPSA) is 66.9 Å². The zero-order chi connectivity index (χ0) is 19.9. The molecule has 0 fully saturated rings. The predicted octanol–water partition coefficient (Wildman–Crippen LogP) is 3.82. The molecule has 1 amide bonds. The van der Waals surface area contributed by atoms with Crippen LogP contribution in [0.2, 0.25) is 0 Å². The average Bonchev–Trinajstić information content (AvgIpc) is 2.67. The third kappa shape index (κ3) is 5.36. The molecule has 0 aliphatic carbocycles. The Hall–Kier alpha value is -3.28. The van der Waals surface area contributed by atoms with Gasteiger partial charge in [-0.05, 0) is 37.5 Å². The van der Waals surface area contributed by atoms with E-state index < -0.39 is 0 Å². The smallest absolute Gasteiger partial charge is 0.270 e. The summed E-state index contributed by atoms with van der Waals surface area (Å²) < 4.78 is 13.7. The van der Waals surface area contributed by atoms with Crippen molar-refractivity contribution in [3.05, 3.63) is 88.6 Å². The van der Waals surface area contributed by atoms with Crippen molar-refractivity contribution in [2.24, 2.45) is 0 Å². The third-order valence-electron chi connectivity index (χ3n) is 4.26. The van der Waals surface area contributed by atoms with Gasteiger partial charge in [0, 0.05) is 19.2 Å². The maximum atomic E-state index is 13.7. The van der Waals surface area contributed by atoms with Crippen molar-refractivity contribution in [2.45, 2.75) is 26.8 Å². The monoisotopic (exact) mass is 378 g/mol. The van der Waals surface area contributed by atoms with Crippen LogP contribution >= 0.6 is 0 Å². The molecule has 6 heteroatoms. The van der Waals surface area contributed by atoms with Crippen LogP contribution in [-0.4, -0.2) is 22.4 Å². The number of carbonyl (C=O) groups excluding carboxylic acids is 1. The van der Waals surface area contributed by atoms with Crippen molar-refractivity contribution in [1.82, 2.24) is 15.3 Å². The number of nitrogens with one attached hydrogen (secondary N) is 2. The lowest BCUT2D eigenvalue weighted by Gasteiger charge is -2.10. The maximum absolute atomic E-state index is 13.7. The van der Waals surface area contributed by atoms with Crippen molar-refractivity contribution < 1.29 is 9.18 Å². The number of halogens is 1. The Bertz CT molecular complexity index is 974. The molecule has 28 heavy (non-hydrogen) atoms. The predicted molar refractivity (Wildman–Crippen MR) is 108 cm³/mol. The molecule has 2 N–H and O–H groups in total. The molecule has 2 aromatic carbocycles. The van der Waals surface area contributed by atoms with Crippen LogP contribution in [0.5, 0.6) is 0 Å². The fourth-order valence-corrected chi connectivity index (χ4v) is 2.90. The molecule has 1 heterocycles. The molecular weight excluding hydrogens is 355 g/mol. The number of nitrogens with zero attached hydrogens (tertiary/aromatic N) is 2. The molecule has 3 aromatic rings. The van der Waals surface area contributed by atoms with E-state index in [4.69, 9.17) is 0 Å². The van der Waals surface area contributed by atoms with Crippen molar-refractivity contribution in [2.75, 3.05) is 11.9 Å². The molecule has 1 aromatic heterocycles. The Balaban J connectivity index is 1.60. The van der Waals surface area contributed by atoms with Crippen molar-refractivity contribution in [3.8, 4) is 0 Å². The number of carbonyl (C=O) groups is 1. The third-order valence-corrected chi connectivity index (χ3v) is 4.26. The van der Waals surface area contributed by atoms with Crippen LogP contribution in [0.25, 0.3) is 0 Å². The first-order valence-electron chi connectivity index (χ1n) is 9.18. The SMILES string of the molecule is Cc1cccc(CNC(=O)c2cc(NCCc3ccccc3F)nc(C)n2)c1. The lowest BCUT2D eigenvalue weighted by molar-refractivity contribution is 0.0945. The number of hydrogen-bond acceptors (Lipinski definition) is 4. The Morgan fingerprint density at radius 2 is 1.86 bits per heavy atom. The molecule has 3 rings (SSSR count). The summed E-state index contributed by atoms with van der Waals surface area (Å²) in [5.74, 6) is 0.560. The summed E-state index contributed by atoms with van der Waals surface area (Å²) in [6.45, 7) is 4.68. The van der Waals surface area contributed by atoms with E-state index >= 15 is 0 Å². The Labute approximate surface area is 164 Å². The van der Waals surface area contributed by atoms with E-state index in [9.17, 15) is 9.18 Å². The van der Waals surface area contributed by atoms with Gasteiger partial charge in [0.1, 0.15) is 23.2 Å². The van der Waals surface area contributed by atoms with Crippen LogP contribution in [0.4, 0.5) is 10.2 Å². The van der Waals surface area contributed by atoms with Gasteiger partial charge in [-0.2, -0.15) is 0 Å². The van der Waals surface area contributed by atoms with E-state index in [1.54, 1.807) is 25.1 Å². The average molecular weight is 378 g/mol. The Kier molecular flexibility index (Phi) is 6.32. The van der Waals surface area contributed by atoms with E-state index in [0.717, 1.165) is 11.1 Å². The molecule has 0 saturated carbocycles. The van der Waals surface area contributed by atoms with Crippen LogP contribution in [-0.2, 0) is 13.0 Å². The lowest BCUT2D eigenvalue weighted by atomic mass is 10.1. The lowest BCUT2D eigenvalue weighted by Crippen LogP contribution is -2.24. The quantitative estimate of drug-likeness (QED) is 0.656. The number of rotatable bonds is 7. The minimum atomic E-state index is -0.260. The molecule has 0 saturated heterocycles. The summed E-state index contributed by atoms with van der Waals surface area (Å²) in [5, 5.41) is 6.02. The van der Waals surface area contributed by atoms with Crippen LogP contribution in [0.3, 0.4) is 0 Å². The number of hydrogen-bond donors (Lipinski definition) is 2. The summed E-state index contributed by atoms with van der Waals surface area (Å²) in [7, 11) is 0. The second-order valence-electron chi connectivity index (χ2n) is 6.63. The van der Waals surface area contributed by atoms with E-state index in [0.29, 0.717) is 42.4 Å². The molecule has 5 nitrogen and oxygen atoms in total. The summed E-state index contributed by atoms with van der Waals surface area (Å²) in [4.78, 5) is 21.0. The van der Waals surface area contributed by atoms with Crippen molar-refractivity contribution in [1.29, 1.82) is 0 Å². The normalized spacial score (nSPS) is 10.5. The van der Waals surface area contributed by atoms with E-state index in [1.807, 2.05) is 37.3 Å². The number of aromatic nitrogens is 2. The number of aryl methyl sites for hydroxylation is 2. The molecule has 0 bridgehead atoms. The summed E-state index contributed by atoms with van der Waals surface area (Å²) in [5.41, 5.74) is 3.11. The molecule has 0 radical (unpaired) electrons. The van der Waals surface area contributed by atoms with Gasteiger partial charge in [-0.3, -0.25) is 4.79 Å². The van der Waals surface area contributed by atoms with Crippen molar-refractivity contribution >= 4 is 11.7 Å². The molecule has 0 unspecified atom stereocenters. The van der Waals surface area contributed by atoms with Crippen LogP contribution in [0.1, 0.15) is 33.0 Å². The van der Waals surface area contributed by atoms with Gasteiger partial charge in [0.05, 0.1) is 0 Å². The van der Waals surface area contributed by atoms with Crippen LogP contribution in [0.15, 0.2) is 54.6 Å². The van der Waals surface area contributed by atoms with Crippen LogP contribution < -0.4 is 10.6 Å². The Morgan fingerprint density at radius 1 is 1.04 bits per heavy atom. The van der Waals surface area contributed by atoms with E-state index in [1.165, 1.54) is 6.07 Å². The van der Waals surface area contributed by atoms with E-state index in [-0.39, 0.29) is 11.7 Å². The summed E-state index contributed by atoms with van der Waals surface area (Å²) >= 11 is 0. The fourth-order valence-electron chi connectivity index (χ4n) is 2.90. The number of anilines is 1. The summed E-state index contributed by atoms with van der Waals surface area (Å²) in [6, 6.07) is 16.3. The second-order valence-corrected chi connectivity index (χ2v) is 6.63. The number of benzene rings is 2. The second kappa shape index (κ2) is 9.08. The zero-order valence-electron chi connectivity index (χ0n) is 16.0. The molecule has 144 valence electrons. The first-order chi connectivity index (χ1) is 13.5. The highest BCUT2D eigenvalue weighted by molar-refractivity contribution is 5.92. The minimum absolute atomic E-state index is 0.223. The minimum Gasteiger partial charge on any atom is -0.370 e. The highest BCUT2D eigenvalue weighted by Gasteiger charge is 2.11. The first-order valence-corrected chi connectivity index (χ1v) is 9.18. The molecule has 0 atom stereocenters. The maximum Gasteiger partial charge on any atom is 0.270 e. The number of amides is 1. The molecule has 0 aliphatic rings. The largest absolute Gasteiger partial charge is 0.370 e. The van der Waals surface area contributed by atoms with Crippen molar-refractivity contribution in [3.63, 3.8) is 0 Å². The van der Waals surface area contributed by atoms with Gasteiger partial charge >= 0.3 is 0 Å². The fraction of sp³-hybridized carbons (Fsp3) is 0.227. The van der Waals surface area contributed by atoms with Gasteiger partial charge in [-0.1, -0.05) is 48.0 Å². The van der Waals surface area contributed by atoms with E-state index in [2.05, 4.69) is 20.6 Å². The van der Waals surface area contributed by atoms with Gasteiger partial charge in [0.15, 0.2) is 0 Å². The zero-order valence-corrected chi connectivity index (χ0v) is 16.0. The molecule has 0 aliphatic heterocycles. The van der Waals surface area contributed by atoms with Gasteiger partial charge in [0.25, 0.3) is 5.91 Å². The Morgan fingerprint density at radius 3 is 2.64 bits per heavy atom. The summed E-state index contributed by atoms with van der Waals surface area (Å²) in [6.07, 6.45) is 0.518. The van der Waals surface area contributed by atoms with Gasteiger partial charge in [0.2, 0.25) is 0 Å². The highest BCUT2D eigenvalue weighted by Crippen LogP contribution is 2.10. The molecule has 0 spiro atoms. The highest BCUT2D eigenvalue weighted by atomic mass is 19.1.